The molecule has 7 nitrogen and oxygen atoms in total. The van der Waals surface area contributed by atoms with E-state index in [0.717, 1.165) is 16.7 Å². The van der Waals surface area contributed by atoms with Gasteiger partial charge in [0.15, 0.2) is 11.5 Å². The molecule has 0 fully saturated rings. The lowest BCUT2D eigenvalue weighted by atomic mass is 10.1. The predicted molar refractivity (Wildman–Crippen MR) is 111 cm³/mol. The zero-order chi connectivity index (χ0) is 20.8. The van der Waals surface area contributed by atoms with Crippen LogP contribution in [0.4, 0.5) is 5.69 Å². The van der Waals surface area contributed by atoms with E-state index in [1.807, 2.05) is 30.3 Å². The van der Waals surface area contributed by atoms with Crippen LogP contribution in [0.1, 0.15) is 12.5 Å². The molecular weight excluding hydrogens is 370 g/mol. The molecule has 1 heterocycles. The molecular formula is C22H23N3O4. The number of amides is 1. The molecule has 0 atom stereocenters. The van der Waals surface area contributed by atoms with Gasteiger partial charge in [-0.15, -0.1) is 0 Å². The Morgan fingerprint density at radius 1 is 1.00 bits per heavy atom. The first-order valence-electron chi connectivity index (χ1n) is 9.23. The predicted octanol–water partition coefficient (Wildman–Crippen LogP) is 3.13. The molecule has 0 radical (unpaired) electrons. The van der Waals surface area contributed by atoms with Gasteiger partial charge in [0.1, 0.15) is 6.54 Å². The molecule has 1 aromatic heterocycles. The van der Waals surface area contributed by atoms with Gasteiger partial charge in [0, 0.05) is 17.3 Å². The molecule has 0 aliphatic heterocycles. The van der Waals surface area contributed by atoms with Gasteiger partial charge in [-0.3, -0.25) is 9.59 Å². The second kappa shape index (κ2) is 9.05. The van der Waals surface area contributed by atoms with Crippen LogP contribution < -0.4 is 20.3 Å². The molecule has 3 aromatic rings. The summed E-state index contributed by atoms with van der Waals surface area (Å²) in [6.45, 7) is 1.88. The number of aromatic nitrogens is 2. The molecule has 3 rings (SSSR count). The maximum atomic E-state index is 12.4. The van der Waals surface area contributed by atoms with Crippen LogP contribution in [-0.2, 0) is 17.8 Å². The zero-order valence-electron chi connectivity index (χ0n) is 16.6. The van der Waals surface area contributed by atoms with Crippen LogP contribution >= 0.6 is 0 Å². The molecule has 1 N–H and O–H groups in total. The standard InChI is InChI=1S/C22H23N3O4/c1-4-15-5-8-17(9-6-15)23-21(26)14-25-22(27)12-10-18(24-25)16-7-11-19(28-2)20(13-16)29-3/h5-13H,4,14H2,1-3H3,(H,23,26). The number of benzene rings is 2. The molecule has 150 valence electrons. The van der Waals surface area contributed by atoms with Crippen molar-refractivity contribution in [1.29, 1.82) is 0 Å². The Labute approximate surface area is 168 Å². The quantitative estimate of drug-likeness (QED) is 0.667. The smallest absolute Gasteiger partial charge is 0.267 e. The van der Waals surface area contributed by atoms with Crippen molar-refractivity contribution in [1.82, 2.24) is 9.78 Å². The normalized spacial score (nSPS) is 10.4. The van der Waals surface area contributed by atoms with Crippen LogP contribution in [-0.4, -0.2) is 29.9 Å². The Bertz CT molecular complexity index is 1060. The minimum Gasteiger partial charge on any atom is -0.493 e. The Morgan fingerprint density at radius 3 is 2.38 bits per heavy atom. The maximum Gasteiger partial charge on any atom is 0.267 e. The molecule has 0 bridgehead atoms. The third-order valence-electron chi connectivity index (χ3n) is 4.49. The van der Waals surface area contributed by atoms with Crippen molar-refractivity contribution < 1.29 is 14.3 Å². The van der Waals surface area contributed by atoms with Gasteiger partial charge in [0.2, 0.25) is 5.91 Å². The number of rotatable bonds is 7. The van der Waals surface area contributed by atoms with Gasteiger partial charge in [-0.2, -0.15) is 5.10 Å². The van der Waals surface area contributed by atoms with E-state index in [9.17, 15) is 9.59 Å². The summed E-state index contributed by atoms with van der Waals surface area (Å²) in [5.74, 6) is 0.823. The average molecular weight is 393 g/mol. The number of carbonyl (C=O) groups excluding carboxylic acids is 1. The van der Waals surface area contributed by atoms with Crippen molar-refractivity contribution in [2.45, 2.75) is 19.9 Å². The lowest BCUT2D eigenvalue weighted by Gasteiger charge is -2.11. The molecule has 0 saturated heterocycles. The number of nitrogens with zero attached hydrogens (tertiary/aromatic N) is 2. The van der Waals surface area contributed by atoms with Crippen molar-refractivity contribution in [3.63, 3.8) is 0 Å². The Hall–Kier alpha value is -3.61. The highest BCUT2D eigenvalue weighted by molar-refractivity contribution is 5.90. The second-order valence-corrected chi connectivity index (χ2v) is 6.38. The van der Waals surface area contributed by atoms with Gasteiger partial charge in [-0.1, -0.05) is 19.1 Å². The number of methoxy groups -OCH3 is 2. The van der Waals surface area contributed by atoms with Crippen LogP contribution in [0.5, 0.6) is 11.5 Å². The fraction of sp³-hybridized carbons (Fsp3) is 0.227. The molecule has 0 aliphatic carbocycles. The SMILES string of the molecule is CCc1ccc(NC(=O)Cn2nc(-c3ccc(OC)c(OC)c3)ccc2=O)cc1. The highest BCUT2D eigenvalue weighted by atomic mass is 16.5. The van der Waals surface area contributed by atoms with E-state index in [1.165, 1.54) is 11.6 Å². The zero-order valence-corrected chi connectivity index (χ0v) is 16.6. The number of ether oxygens (including phenoxy) is 2. The number of aryl methyl sites for hydroxylation is 1. The fourth-order valence-electron chi connectivity index (χ4n) is 2.87. The highest BCUT2D eigenvalue weighted by Crippen LogP contribution is 2.31. The summed E-state index contributed by atoms with van der Waals surface area (Å²) in [6.07, 6.45) is 0.927. The van der Waals surface area contributed by atoms with E-state index in [-0.39, 0.29) is 18.0 Å². The molecule has 29 heavy (non-hydrogen) atoms. The summed E-state index contributed by atoms with van der Waals surface area (Å²) in [5.41, 5.74) is 2.79. The number of carbonyl (C=O) groups is 1. The van der Waals surface area contributed by atoms with Gasteiger partial charge in [-0.25, -0.2) is 4.68 Å². The summed E-state index contributed by atoms with van der Waals surface area (Å²) < 4.78 is 11.7. The molecule has 0 saturated carbocycles. The van der Waals surface area contributed by atoms with E-state index >= 15 is 0 Å². The summed E-state index contributed by atoms with van der Waals surface area (Å²) >= 11 is 0. The largest absolute Gasteiger partial charge is 0.493 e. The van der Waals surface area contributed by atoms with E-state index in [0.29, 0.717) is 22.9 Å². The van der Waals surface area contributed by atoms with Crippen LogP contribution in [0.2, 0.25) is 0 Å². The van der Waals surface area contributed by atoms with E-state index in [2.05, 4.69) is 17.3 Å². The van der Waals surface area contributed by atoms with Gasteiger partial charge in [0.25, 0.3) is 5.56 Å². The maximum absolute atomic E-state index is 12.4. The van der Waals surface area contributed by atoms with Gasteiger partial charge >= 0.3 is 0 Å². The lowest BCUT2D eigenvalue weighted by molar-refractivity contribution is -0.117. The Morgan fingerprint density at radius 2 is 1.72 bits per heavy atom. The van der Waals surface area contributed by atoms with Crippen molar-refractivity contribution in [2.75, 3.05) is 19.5 Å². The molecule has 1 amide bonds. The van der Waals surface area contributed by atoms with Crippen LogP contribution in [0.25, 0.3) is 11.3 Å². The molecule has 0 aliphatic rings. The van der Waals surface area contributed by atoms with Crippen molar-refractivity contribution in [2.24, 2.45) is 0 Å². The average Bonchev–Trinajstić information content (AvgIpc) is 2.75. The molecule has 0 unspecified atom stereocenters. The molecule has 2 aromatic carbocycles. The van der Waals surface area contributed by atoms with E-state index < -0.39 is 0 Å². The first-order chi connectivity index (χ1) is 14.0. The number of anilines is 1. The second-order valence-electron chi connectivity index (χ2n) is 6.38. The number of hydrogen-bond acceptors (Lipinski definition) is 5. The molecule has 0 spiro atoms. The van der Waals surface area contributed by atoms with Crippen molar-refractivity contribution >= 4 is 11.6 Å². The third kappa shape index (κ3) is 4.82. The topological polar surface area (TPSA) is 82.5 Å². The van der Waals surface area contributed by atoms with Gasteiger partial charge in [-0.05, 0) is 48.4 Å². The minimum atomic E-state index is -0.356. The van der Waals surface area contributed by atoms with E-state index in [1.54, 1.807) is 32.4 Å². The third-order valence-corrected chi connectivity index (χ3v) is 4.49. The Balaban J connectivity index is 1.80. The first-order valence-corrected chi connectivity index (χ1v) is 9.23. The summed E-state index contributed by atoms with van der Waals surface area (Å²) in [6, 6.07) is 15.9. The van der Waals surface area contributed by atoms with Gasteiger partial charge in [0.05, 0.1) is 19.9 Å². The lowest BCUT2D eigenvalue weighted by Crippen LogP contribution is -2.29. The fourth-order valence-corrected chi connectivity index (χ4v) is 2.87. The minimum absolute atomic E-state index is 0.185. The summed E-state index contributed by atoms with van der Waals surface area (Å²) in [4.78, 5) is 24.5. The Kier molecular flexibility index (Phi) is 6.29. The monoisotopic (exact) mass is 393 g/mol. The first kappa shape index (κ1) is 20.1. The van der Waals surface area contributed by atoms with E-state index in [4.69, 9.17) is 9.47 Å². The van der Waals surface area contributed by atoms with Crippen LogP contribution in [0.3, 0.4) is 0 Å². The number of hydrogen-bond donors (Lipinski definition) is 1. The molecule has 7 heteroatoms. The highest BCUT2D eigenvalue weighted by Gasteiger charge is 2.11. The van der Waals surface area contributed by atoms with Crippen LogP contribution in [0, 0.1) is 0 Å². The van der Waals surface area contributed by atoms with Gasteiger partial charge < -0.3 is 14.8 Å². The van der Waals surface area contributed by atoms with Crippen molar-refractivity contribution in [3.8, 4) is 22.8 Å². The van der Waals surface area contributed by atoms with Crippen LogP contribution in [0.15, 0.2) is 59.4 Å². The number of nitrogens with one attached hydrogen (secondary N) is 1. The summed E-state index contributed by atoms with van der Waals surface area (Å²) in [5, 5.41) is 7.12. The van der Waals surface area contributed by atoms with Crippen molar-refractivity contribution in [3.05, 3.63) is 70.5 Å². The summed E-state index contributed by atoms with van der Waals surface area (Å²) in [7, 11) is 3.11.